The van der Waals surface area contributed by atoms with E-state index < -0.39 is 0 Å². The number of fused-ring (bicyclic) bond motifs is 1. The Kier molecular flexibility index (Phi) is 7.00. The van der Waals surface area contributed by atoms with E-state index in [9.17, 15) is 4.79 Å². The molecule has 160 valence electrons. The maximum absolute atomic E-state index is 12.6. The molecule has 0 radical (unpaired) electrons. The number of thiophene rings is 1. The second-order valence-corrected chi connectivity index (χ2v) is 10.2. The van der Waals surface area contributed by atoms with E-state index in [1.54, 1.807) is 11.3 Å². The summed E-state index contributed by atoms with van der Waals surface area (Å²) in [5.74, 6) is 2.37. The Hall–Kier alpha value is -1.99. The van der Waals surface area contributed by atoms with Crippen molar-refractivity contribution in [2.24, 2.45) is 5.92 Å². The molecule has 2 heterocycles. The summed E-state index contributed by atoms with van der Waals surface area (Å²) in [6, 6.07) is 10.3. The number of likely N-dealkylation sites (N-methyl/N-ethyl adjacent to an activating group) is 1. The number of thioether (sulfide) groups is 1. The van der Waals surface area contributed by atoms with Crippen molar-refractivity contribution in [3.63, 3.8) is 0 Å². The van der Waals surface area contributed by atoms with Crippen LogP contribution in [0.15, 0.2) is 40.6 Å². The first-order valence-electron chi connectivity index (χ1n) is 10.8. The molecular formula is C23H30N4OS2. The average molecular weight is 443 g/mol. The summed E-state index contributed by atoms with van der Waals surface area (Å²) >= 11 is 3.44. The molecule has 0 unspecified atom stereocenters. The highest BCUT2D eigenvalue weighted by molar-refractivity contribution is 7.99. The highest BCUT2D eigenvalue weighted by atomic mass is 32.2. The van der Waals surface area contributed by atoms with Gasteiger partial charge in [-0.3, -0.25) is 10.2 Å². The number of carbonyl (C=O) groups excluding carboxylic acids is 1. The van der Waals surface area contributed by atoms with Gasteiger partial charge < -0.3 is 15.1 Å². The monoisotopic (exact) mass is 442 g/mol. The fourth-order valence-corrected chi connectivity index (χ4v) is 5.88. The Labute approximate surface area is 187 Å². The Morgan fingerprint density at radius 3 is 2.90 bits per heavy atom. The summed E-state index contributed by atoms with van der Waals surface area (Å²) in [6.45, 7) is 2.57. The van der Waals surface area contributed by atoms with E-state index in [0.29, 0.717) is 18.2 Å². The second-order valence-electron chi connectivity index (χ2n) is 8.17. The van der Waals surface area contributed by atoms with Gasteiger partial charge in [0.15, 0.2) is 0 Å². The third-order valence-electron chi connectivity index (χ3n) is 6.02. The number of nitrogens with one attached hydrogen (secondary N) is 2. The van der Waals surface area contributed by atoms with Gasteiger partial charge in [-0.1, -0.05) is 18.9 Å². The van der Waals surface area contributed by atoms with Gasteiger partial charge in [0, 0.05) is 49.4 Å². The van der Waals surface area contributed by atoms with Crippen LogP contribution in [0.5, 0.6) is 0 Å². The molecule has 7 heteroatoms. The summed E-state index contributed by atoms with van der Waals surface area (Å²) < 4.78 is 0. The van der Waals surface area contributed by atoms with Gasteiger partial charge in [-0.05, 0) is 48.4 Å². The first-order chi connectivity index (χ1) is 14.6. The third-order valence-corrected chi connectivity index (χ3v) is 7.95. The predicted molar refractivity (Wildman–Crippen MR) is 128 cm³/mol. The average Bonchev–Trinajstić information content (AvgIpc) is 3.46. The van der Waals surface area contributed by atoms with Gasteiger partial charge in [0.1, 0.15) is 5.84 Å². The highest BCUT2D eigenvalue weighted by Gasteiger charge is 2.22. The van der Waals surface area contributed by atoms with Crippen molar-refractivity contribution in [2.45, 2.75) is 37.0 Å². The summed E-state index contributed by atoms with van der Waals surface area (Å²) in [4.78, 5) is 19.1. The maximum Gasteiger partial charge on any atom is 0.222 e. The molecule has 0 atom stereocenters. The number of benzene rings is 1. The van der Waals surface area contributed by atoms with Gasteiger partial charge in [0.2, 0.25) is 5.91 Å². The number of hydrogen-bond acceptors (Lipinski definition) is 5. The number of amides is 1. The van der Waals surface area contributed by atoms with Crippen molar-refractivity contribution in [3.8, 4) is 0 Å². The first kappa shape index (κ1) is 21.2. The molecule has 0 spiro atoms. The lowest BCUT2D eigenvalue weighted by Crippen LogP contribution is -2.39. The van der Waals surface area contributed by atoms with E-state index in [0.717, 1.165) is 36.0 Å². The van der Waals surface area contributed by atoms with E-state index in [4.69, 9.17) is 5.41 Å². The maximum atomic E-state index is 12.6. The largest absolute Gasteiger partial charge is 0.368 e. The van der Waals surface area contributed by atoms with Gasteiger partial charge in [0.25, 0.3) is 0 Å². The number of anilines is 2. The van der Waals surface area contributed by atoms with Crippen LogP contribution in [0.1, 0.15) is 37.0 Å². The van der Waals surface area contributed by atoms with Crippen molar-refractivity contribution in [3.05, 3.63) is 40.6 Å². The molecule has 30 heavy (non-hydrogen) atoms. The quantitative estimate of drug-likeness (QED) is 0.461. The number of nitrogens with zero attached hydrogens (tertiary/aromatic N) is 2. The molecule has 1 fully saturated rings. The van der Waals surface area contributed by atoms with Gasteiger partial charge in [-0.2, -0.15) is 0 Å². The number of hydrogen-bond donors (Lipinski definition) is 2. The fraction of sp³-hybridized carbons (Fsp3) is 0.478. The normalized spacial score (nSPS) is 16.4. The molecule has 2 aliphatic rings. The zero-order valence-electron chi connectivity index (χ0n) is 17.5. The Balaban J connectivity index is 1.37. The van der Waals surface area contributed by atoms with Crippen LogP contribution in [0.2, 0.25) is 0 Å². The SMILES string of the molecule is CN(CCN1CCSc2ccc(NC(=N)c3cccs3)cc21)C(=O)CC1CCCC1. The first-order valence-corrected chi connectivity index (χ1v) is 12.6. The molecule has 2 aromatic rings. The van der Waals surface area contributed by atoms with Crippen molar-refractivity contribution < 1.29 is 4.79 Å². The van der Waals surface area contributed by atoms with Crippen molar-refractivity contribution >= 4 is 46.2 Å². The third kappa shape index (κ3) is 5.19. The Morgan fingerprint density at radius 2 is 2.13 bits per heavy atom. The lowest BCUT2D eigenvalue weighted by atomic mass is 10.0. The second kappa shape index (κ2) is 9.88. The molecule has 1 aromatic carbocycles. The number of amidine groups is 1. The van der Waals surface area contributed by atoms with Crippen LogP contribution in [0.4, 0.5) is 11.4 Å². The van der Waals surface area contributed by atoms with Gasteiger partial charge in [0.05, 0.1) is 10.6 Å². The van der Waals surface area contributed by atoms with Gasteiger partial charge in [-0.25, -0.2) is 0 Å². The van der Waals surface area contributed by atoms with Gasteiger partial charge >= 0.3 is 0 Å². The molecule has 1 saturated carbocycles. The molecule has 1 aliphatic carbocycles. The lowest BCUT2D eigenvalue weighted by molar-refractivity contribution is -0.130. The van der Waals surface area contributed by atoms with Crippen LogP contribution in [0, 0.1) is 11.3 Å². The molecule has 1 aromatic heterocycles. The minimum absolute atomic E-state index is 0.285. The van der Waals surface area contributed by atoms with Crippen LogP contribution >= 0.6 is 23.1 Å². The smallest absolute Gasteiger partial charge is 0.222 e. The van der Waals surface area contributed by atoms with E-state index in [1.165, 1.54) is 36.3 Å². The van der Waals surface area contributed by atoms with E-state index in [1.807, 2.05) is 41.2 Å². The fourth-order valence-electron chi connectivity index (χ4n) is 4.22. The van der Waals surface area contributed by atoms with Crippen LogP contribution in [-0.4, -0.2) is 49.1 Å². The molecule has 2 N–H and O–H groups in total. The standard InChI is InChI=1S/C23H30N4OS2/c1-26(22(28)15-17-5-2-3-6-17)10-11-27-12-14-30-20-9-8-18(16-19(20)27)25-23(24)21-7-4-13-29-21/h4,7-9,13,16-17H,2-3,5-6,10-12,14-15H2,1H3,(H2,24,25). The van der Waals surface area contributed by atoms with Crippen LogP contribution < -0.4 is 10.2 Å². The Bertz CT molecular complexity index is 877. The van der Waals surface area contributed by atoms with E-state index in [2.05, 4.69) is 28.4 Å². The molecule has 4 rings (SSSR count). The lowest BCUT2D eigenvalue weighted by Gasteiger charge is -2.33. The summed E-state index contributed by atoms with van der Waals surface area (Å²) in [5, 5.41) is 13.5. The zero-order chi connectivity index (χ0) is 20.9. The Morgan fingerprint density at radius 1 is 1.30 bits per heavy atom. The van der Waals surface area contributed by atoms with E-state index in [-0.39, 0.29) is 5.91 Å². The molecule has 1 amide bonds. The van der Waals surface area contributed by atoms with Crippen LogP contribution in [0.3, 0.4) is 0 Å². The molecule has 0 saturated heterocycles. The topological polar surface area (TPSA) is 59.4 Å². The molecule has 0 bridgehead atoms. The van der Waals surface area contributed by atoms with Crippen LogP contribution in [-0.2, 0) is 4.79 Å². The summed E-state index contributed by atoms with van der Waals surface area (Å²) in [6.07, 6.45) is 5.70. The van der Waals surface area contributed by atoms with Crippen molar-refractivity contribution in [1.82, 2.24) is 4.90 Å². The molecular weight excluding hydrogens is 412 g/mol. The summed E-state index contributed by atoms with van der Waals surface area (Å²) in [7, 11) is 1.94. The number of carbonyl (C=O) groups is 1. The summed E-state index contributed by atoms with van der Waals surface area (Å²) in [5.41, 5.74) is 2.14. The predicted octanol–water partition coefficient (Wildman–Crippen LogP) is 5.14. The van der Waals surface area contributed by atoms with Gasteiger partial charge in [-0.15, -0.1) is 23.1 Å². The van der Waals surface area contributed by atoms with Crippen molar-refractivity contribution in [1.29, 1.82) is 5.41 Å². The zero-order valence-corrected chi connectivity index (χ0v) is 19.2. The minimum Gasteiger partial charge on any atom is -0.368 e. The van der Waals surface area contributed by atoms with Crippen molar-refractivity contribution in [2.75, 3.05) is 42.7 Å². The molecule has 5 nitrogen and oxygen atoms in total. The van der Waals surface area contributed by atoms with E-state index >= 15 is 0 Å². The number of rotatable bonds is 7. The minimum atomic E-state index is 0.285. The van der Waals surface area contributed by atoms with Crippen LogP contribution in [0.25, 0.3) is 0 Å². The molecule has 1 aliphatic heterocycles. The highest BCUT2D eigenvalue weighted by Crippen LogP contribution is 2.36.